The molecule has 3 aromatic rings. The molecule has 0 saturated carbocycles. The minimum atomic E-state index is 0.390. The van der Waals surface area contributed by atoms with E-state index >= 15 is 0 Å². The van der Waals surface area contributed by atoms with Crippen molar-refractivity contribution in [3.8, 4) is 17.0 Å². The third-order valence-electron chi connectivity index (χ3n) is 3.49. The molecule has 0 aliphatic rings. The molecule has 0 aliphatic heterocycles. The van der Waals surface area contributed by atoms with Gasteiger partial charge in [0, 0.05) is 17.0 Å². The van der Waals surface area contributed by atoms with Crippen LogP contribution in [0.2, 0.25) is 0 Å². The average Bonchev–Trinajstić information content (AvgIpc) is 2.94. The zero-order valence-electron chi connectivity index (χ0n) is 12.2. The first kappa shape index (κ1) is 14.0. The van der Waals surface area contributed by atoms with Crippen LogP contribution in [0.4, 0.5) is 0 Å². The van der Waals surface area contributed by atoms with E-state index in [0.29, 0.717) is 13.0 Å². The van der Waals surface area contributed by atoms with Gasteiger partial charge in [0.1, 0.15) is 11.4 Å². The molecule has 0 saturated heterocycles. The number of pyridine rings is 1. The highest BCUT2D eigenvalue weighted by atomic mass is 16.5. The van der Waals surface area contributed by atoms with Gasteiger partial charge in [-0.1, -0.05) is 35.4 Å². The molecule has 0 bridgehead atoms. The number of fused-ring (bicyclic) bond motifs is 1. The lowest BCUT2D eigenvalue weighted by molar-refractivity contribution is 0.412. The van der Waals surface area contributed by atoms with Crippen LogP contribution in [-0.4, -0.2) is 23.0 Å². The number of rotatable bonds is 5. The molecule has 0 atom stereocenters. The molecule has 110 valence electrons. The van der Waals surface area contributed by atoms with Crippen molar-refractivity contribution in [1.29, 1.82) is 0 Å². The second-order valence-electron chi connectivity index (χ2n) is 4.77. The second-order valence-corrected chi connectivity index (χ2v) is 4.77. The molecule has 0 amide bonds. The summed E-state index contributed by atoms with van der Waals surface area (Å²) in [5, 5.41) is 3.64. The Hall–Kier alpha value is -2.98. The maximum absolute atomic E-state index is 8.49. The Balaban J connectivity index is 2.17. The Kier molecular flexibility index (Phi) is 3.94. The number of benzene rings is 1. The van der Waals surface area contributed by atoms with Gasteiger partial charge in [0.15, 0.2) is 0 Å². The molecule has 2 heterocycles. The summed E-state index contributed by atoms with van der Waals surface area (Å²) in [5.74, 6) is 0.759. The summed E-state index contributed by atoms with van der Waals surface area (Å²) in [5.41, 5.74) is 12.3. The molecule has 0 N–H and O–H groups in total. The van der Waals surface area contributed by atoms with Crippen LogP contribution in [0.25, 0.3) is 27.3 Å². The lowest BCUT2D eigenvalue weighted by Gasteiger charge is -2.05. The van der Waals surface area contributed by atoms with Gasteiger partial charge in [-0.25, -0.2) is 4.98 Å². The van der Waals surface area contributed by atoms with Gasteiger partial charge in [-0.3, -0.25) is 4.40 Å². The summed E-state index contributed by atoms with van der Waals surface area (Å²) in [7, 11) is 1.63. The van der Waals surface area contributed by atoms with E-state index < -0.39 is 0 Å². The van der Waals surface area contributed by atoms with E-state index in [2.05, 4.69) is 10.0 Å². The molecule has 0 fully saturated rings. The molecule has 2 aromatic heterocycles. The van der Waals surface area contributed by atoms with Crippen molar-refractivity contribution in [3.05, 3.63) is 64.8 Å². The van der Waals surface area contributed by atoms with Crippen molar-refractivity contribution in [3.63, 3.8) is 0 Å². The monoisotopic (exact) mass is 293 g/mol. The van der Waals surface area contributed by atoms with E-state index in [-0.39, 0.29) is 0 Å². The predicted octanol–water partition coefficient (Wildman–Crippen LogP) is 3.86. The summed E-state index contributed by atoms with van der Waals surface area (Å²) < 4.78 is 7.28. The van der Waals surface area contributed by atoms with Crippen LogP contribution in [-0.2, 0) is 6.42 Å². The SMILES string of the molecule is COc1ccc2nc(-c3ccccc3)c(CCN=[N+]=[N-])n2c1. The van der Waals surface area contributed by atoms with Crippen LogP contribution in [0.1, 0.15) is 5.69 Å². The topological polar surface area (TPSA) is 75.3 Å². The zero-order chi connectivity index (χ0) is 15.4. The van der Waals surface area contributed by atoms with Gasteiger partial charge >= 0.3 is 0 Å². The number of aromatic nitrogens is 2. The van der Waals surface area contributed by atoms with E-state index in [1.54, 1.807) is 7.11 Å². The molecular formula is C16H15N5O. The first-order valence-electron chi connectivity index (χ1n) is 6.94. The van der Waals surface area contributed by atoms with Gasteiger partial charge < -0.3 is 4.74 Å². The largest absolute Gasteiger partial charge is 0.495 e. The van der Waals surface area contributed by atoms with Crippen LogP contribution >= 0.6 is 0 Å². The van der Waals surface area contributed by atoms with E-state index in [9.17, 15) is 0 Å². The Morgan fingerprint density at radius 3 is 2.77 bits per heavy atom. The quantitative estimate of drug-likeness (QED) is 0.407. The van der Waals surface area contributed by atoms with E-state index in [4.69, 9.17) is 15.3 Å². The number of imidazole rings is 1. The number of hydrogen-bond acceptors (Lipinski definition) is 3. The minimum Gasteiger partial charge on any atom is -0.495 e. The van der Waals surface area contributed by atoms with E-state index in [0.717, 1.165) is 28.3 Å². The van der Waals surface area contributed by atoms with Gasteiger partial charge in [0.2, 0.25) is 0 Å². The Labute approximate surface area is 127 Å². The summed E-state index contributed by atoms with van der Waals surface area (Å²) in [6.45, 7) is 0.390. The smallest absolute Gasteiger partial charge is 0.137 e. The maximum atomic E-state index is 8.49. The average molecular weight is 293 g/mol. The van der Waals surface area contributed by atoms with Gasteiger partial charge in [-0.15, -0.1) is 0 Å². The van der Waals surface area contributed by atoms with Gasteiger partial charge in [-0.2, -0.15) is 0 Å². The minimum absolute atomic E-state index is 0.390. The van der Waals surface area contributed by atoms with Crippen molar-refractivity contribution in [1.82, 2.24) is 9.38 Å². The van der Waals surface area contributed by atoms with Crippen molar-refractivity contribution in [2.45, 2.75) is 6.42 Å². The summed E-state index contributed by atoms with van der Waals surface area (Å²) in [4.78, 5) is 7.53. The van der Waals surface area contributed by atoms with Crippen LogP contribution in [0.3, 0.4) is 0 Å². The number of hydrogen-bond donors (Lipinski definition) is 0. The molecule has 1 aromatic carbocycles. The fourth-order valence-electron chi connectivity index (χ4n) is 2.46. The Morgan fingerprint density at radius 1 is 1.23 bits per heavy atom. The van der Waals surface area contributed by atoms with Crippen molar-refractivity contribution in [2.75, 3.05) is 13.7 Å². The van der Waals surface area contributed by atoms with Crippen molar-refractivity contribution >= 4 is 5.65 Å². The van der Waals surface area contributed by atoms with Crippen molar-refractivity contribution in [2.24, 2.45) is 5.11 Å². The third kappa shape index (κ3) is 2.60. The molecule has 3 rings (SSSR count). The zero-order valence-corrected chi connectivity index (χ0v) is 12.2. The molecule has 0 unspecified atom stereocenters. The van der Waals surface area contributed by atoms with Gasteiger partial charge in [-0.05, 0) is 24.1 Å². The standard InChI is InChI=1S/C16H15N5O/c1-22-13-7-8-15-19-16(12-5-3-2-4-6-12)14(21(15)11-13)9-10-18-20-17/h2-8,11H,9-10H2,1H3. The first-order valence-corrected chi connectivity index (χ1v) is 6.94. The Morgan fingerprint density at radius 2 is 2.05 bits per heavy atom. The normalized spacial score (nSPS) is 10.4. The van der Waals surface area contributed by atoms with Gasteiger partial charge in [0.25, 0.3) is 0 Å². The van der Waals surface area contributed by atoms with Gasteiger partial charge in [0.05, 0.1) is 24.7 Å². The molecular weight excluding hydrogens is 278 g/mol. The summed E-state index contributed by atoms with van der Waals surface area (Å²) in [6.07, 6.45) is 2.52. The highest BCUT2D eigenvalue weighted by molar-refractivity contribution is 5.67. The fourth-order valence-corrected chi connectivity index (χ4v) is 2.46. The molecule has 0 aliphatic carbocycles. The lowest BCUT2D eigenvalue weighted by Crippen LogP contribution is -1.98. The number of nitrogens with zero attached hydrogens (tertiary/aromatic N) is 5. The van der Waals surface area contributed by atoms with E-state index in [1.807, 2.05) is 53.1 Å². The molecule has 6 heteroatoms. The van der Waals surface area contributed by atoms with Crippen LogP contribution in [0.15, 0.2) is 53.8 Å². The first-order chi connectivity index (χ1) is 10.8. The maximum Gasteiger partial charge on any atom is 0.137 e. The molecule has 6 nitrogen and oxygen atoms in total. The highest BCUT2D eigenvalue weighted by Crippen LogP contribution is 2.26. The summed E-state index contributed by atoms with van der Waals surface area (Å²) in [6, 6.07) is 13.8. The molecule has 22 heavy (non-hydrogen) atoms. The predicted molar refractivity (Wildman–Crippen MR) is 84.9 cm³/mol. The number of azide groups is 1. The number of ether oxygens (including phenoxy) is 1. The molecule has 0 radical (unpaired) electrons. The molecule has 0 spiro atoms. The lowest BCUT2D eigenvalue weighted by atomic mass is 10.1. The second kappa shape index (κ2) is 6.20. The van der Waals surface area contributed by atoms with Crippen LogP contribution < -0.4 is 4.74 Å². The van der Waals surface area contributed by atoms with E-state index in [1.165, 1.54) is 0 Å². The highest BCUT2D eigenvalue weighted by Gasteiger charge is 2.13. The fraction of sp³-hybridized carbons (Fsp3) is 0.188. The Bertz CT molecular complexity index is 834. The summed E-state index contributed by atoms with van der Waals surface area (Å²) >= 11 is 0. The van der Waals surface area contributed by atoms with Crippen molar-refractivity contribution < 1.29 is 4.74 Å². The number of methoxy groups -OCH3 is 1. The third-order valence-corrected chi connectivity index (χ3v) is 3.49. The van der Waals surface area contributed by atoms with Crippen LogP contribution in [0.5, 0.6) is 5.75 Å². The van der Waals surface area contributed by atoms with Crippen LogP contribution in [0, 0.1) is 0 Å².